The third-order valence-electron chi connectivity index (χ3n) is 10.8. The van der Waals surface area contributed by atoms with E-state index in [9.17, 15) is 9.90 Å². The zero-order chi connectivity index (χ0) is 24.6. The lowest BCUT2D eigenvalue weighted by Crippen LogP contribution is -2.59. The third kappa shape index (κ3) is 5.03. The van der Waals surface area contributed by atoms with Crippen molar-refractivity contribution in [2.75, 3.05) is 0 Å². The minimum Gasteiger partial charge on any atom is -0.481 e. The van der Waals surface area contributed by atoms with E-state index < -0.39 is 5.97 Å². The van der Waals surface area contributed by atoms with Gasteiger partial charge in [0.05, 0.1) is 6.10 Å². The summed E-state index contributed by atoms with van der Waals surface area (Å²) < 4.78 is 0. The van der Waals surface area contributed by atoms with Crippen LogP contribution in [0.5, 0.6) is 0 Å². The summed E-state index contributed by atoms with van der Waals surface area (Å²) in [4.78, 5) is 11.1. The maximum Gasteiger partial charge on any atom is 0.303 e. The average molecular weight is 464 g/mol. The second-order valence-corrected chi connectivity index (χ2v) is 12.7. The van der Waals surface area contributed by atoms with Crippen molar-refractivity contribution in [3.63, 3.8) is 0 Å². The number of hydrogen-bond donors (Lipinski definition) is 3. The van der Waals surface area contributed by atoms with Crippen LogP contribution in [0.25, 0.3) is 0 Å². The molecule has 0 radical (unpaired) electrons. The van der Waals surface area contributed by atoms with E-state index in [0.717, 1.165) is 12.8 Å². The van der Waals surface area contributed by atoms with Crippen LogP contribution in [-0.4, -0.2) is 34.4 Å². The van der Waals surface area contributed by atoms with Crippen LogP contribution in [0.2, 0.25) is 0 Å². The molecule has 0 aromatic carbocycles. The van der Waals surface area contributed by atoms with Gasteiger partial charge in [0.2, 0.25) is 0 Å². The maximum absolute atomic E-state index is 11.5. The van der Waals surface area contributed by atoms with E-state index in [4.69, 9.17) is 5.11 Å². The van der Waals surface area contributed by atoms with Gasteiger partial charge in [-0.05, 0) is 104 Å². The zero-order valence-corrected chi connectivity index (χ0v) is 22.6. The van der Waals surface area contributed by atoms with Crippen LogP contribution in [0.1, 0.15) is 113 Å². The van der Waals surface area contributed by atoms with Crippen LogP contribution >= 0.6 is 0 Å². The molecule has 4 rings (SSSR count). The highest BCUT2D eigenvalue weighted by Crippen LogP contribution is 2.68. The van der Waals surface area contributed by atoms with Gasteiger partial charge in [0.25, 0.3) is 0 Å². The lowest BCUT2D eigenvalue weighted by molar-refractivity contribution is -0.167. The van der Waals surface area contributed by atoms with Crippen LogP contribution in [0.4, 0.5) is 0 Å². The molecule has 33 heavy (non-hydrogen) atoms. The largest absolute Gasteiger partial charge is 0.481 e. The summed E-state index contributed by atoms with van der Waals surface area (Å²) >= 11 is 0. The van der Waals surface area contributed by atoms with Gasteiger partial charge >= 0.3 is 5.97 Å². The van der Waals surface area contributed by atoms with Gasteiger partial charge in [-0.2, -0.15) is 0 Å². The van der Waals surface area contributed by atoms with Crippen molar-refractivity contribution < 1.29 is 15.0 Å². The monoisotopic (exact) mass is 463 g/mol. The fraction of sp³-hybridized carbons (Fsp3) is 0.966. The fourth-order valence-electron chi connectivity index (χ4n) is 9.37. The first-order valence-corrected chi connectivity index (χ1v) is 14.2. The van der Waals surface area contributed by atoms with Crippen molar-refractivity contribution >= 4 is 5.97 Å². The second kappa shape index (κ2) is 10.6. The van der Waals surface area contributed by atoms with Crippen molar-refractivity contribution in [1.29, 1.82) is 0 Å². The number of hydrogen-bond acceptors (Lipinski definition) is 3. The topological polar surface area (TPSA) is 69.6 Å². The van der Waals surface area contributed by atoms with E-state index >= 15 is 0 Å². The fourth-order valence-corrected chi connectivity index (χ4v) is 9.37. The smallest absolute Gasteiger partial charge is 0.303 e. The van der Waals surface area contributed by atoms with Gasteiger partial charge in [-0.3, -0.25) is 4.79 Å². The lowest BCUT2D eigenvalue weighted by Gasteiger charge is -2.62. The first-order chi connectivity index (χ1) is 15.6. The molecule has 0 aliphatic heterocycles. The quantitative estimate of drug-likeness (QED) is 0.420. The molecular formula is C29H53NO3. The number of fused-ring (bicyclic) bond motifs is 5. The van der Waals surface area contributed by atoms with Crippen LogP contribution in [-0.2, 0) is 4.79 Å². The summed E-state index contributed by atoms with van der Waals surface area (Å²) in [6.45, 7) is 15.8. The number of nitrogens with one attached hydrogen (secondary N) is 1. The minimum atomic E-state index is -0.667. The number of carboxylic acids is 1. The summed E-state index contributed by atoms with van der Waals surface area (Å²) in [5.74, 6) is 2.77. The van der Waals surface area contributed by atoms with Crippen LogP contribution < -0.4 is 5.32 Å². The van der Waals surface area contributed by atoms with E-state index in [-0.39, 0.29) is 11.5 Å². The first-order valence-electron chi connectivity index (χ1n) is 14.2. The predicted molar refractivity (Wildman–Crippen MR) is 136 cm³/mol. The molecule has 3 N–H and O–H groups in total. The Morgan fingerprint density at radius 3 is 2.24 bits per heavy atom. The van der Waals surface area contributed by atoms with Crippen molar-refractivity contribution in [3.8, 4) is 0 Å². The molecule has 0 aromatic rings. The Kier molecular flexibility index (Phi) is 8.64. The molecule has 4 aliphatic rings. The van der Waals surface area contributed by atoms with Crippen LogP contribution in [0, 0.1) is 46.3 Å². The molecular weight excluding hydrogens is 410 g/mol. The van der Waals surface area contributed by atoms with E-state index in [1.807, 2.05) is 13.8 Å². The number of aliphatic hydroxyl groups excluding tert-OH is 1. The average Bonchev–Trinajstić information content (AvgIpc) is 3.11. The summed E-state index contributed by atoms with van der Waals surface area (Å²) in [5.41, 5.74) is 0.660. The molecule has 4 saturated carbocycles. The van der Waals surface area contributed by atoms with Gasteiger partial charge in [0, 0.05) is 18.5 Å². The predicted octanol–water partition coefficient (Wildman–Crippen LogP) is 6.51. The molecule has 4 aliphatic carbocycles. The number of carboxylic acid groups (broad SMARTS) is 1. The molecule has 10 unspecified atom stereocenters. The van der Waals surface area contributed by atoms with Gasteiger partial charge < -0.3 is 15.5 Å². The summed E-state index contributed by atoms with van der Waals surface area (Å²) in [6.07, 6.45) is 10.7. The standard InChI is InChI=1S/C27H47NO3.C2H6/c1-16(2)28-19-10-12-26(4)18(14-19)15-23(29)25-21-8-7-20(17(3)6-9-24(30)31)27(21,5)13-11-22(25)26;1-2/h16-23,25,28-29H,6-15H2,1-5H3,(H,30,31);1-2H3. The Bertz CT molecular complexity index is 665. The third-order valence-corrected chi connectivity index (χ3v) is 10.8. The molecule has 4 nitrogen and oxygen atoms in total. The summed E-state index contributed by atoms with van der Waals surface area (Å²) in [7, 11) is 0. The number of aliphatic carboxylic acids is 1. The maximum atomic E-state index is 11.5. The van der Waals surface area contributed by atoms with Crippen molar-refractivity contribution in [2.45, 2.75) is 131 Å². The Balaban J connectivity index is 0.00000149. The Hall–Kier alpha value is -0.610. The number of aliphatic hydroxyl groups is 1. The minimum absolute atomic E-state index is 0.154. The highest BCUT2D eigenvalue weighted by Gasteiger charge is 2.62. The van der Waals surface area contributed by atoms with Gasteiger partial charge in [-0.25, -0.2) is 0 Å². The Morgan fingerprint density at radius 1 is 0.970 bits per heavy atom. The van der Waals surface area contributed by atoms with E-state index in [2.05, 4.69) is 39.9 Å². The van der Waals surface area contributed by atoms with Crippen molar-refractivity contribution in [3.05, 3.63) is 0 Å². The molecule has 0 aromatic heterocycles. The molecule has 0 amide bonds. The SMILES string of the molecule is CC.CC(C)NC1CCC2(C)C(C1)CC(O)C1C2CCC2(C)C(C(C)CCC(=O)O)CCC12. The second-order valence-electron chi connectivity index (χ2n) is 12.7. The van der Waals surface area contributed by atoms with Crippen LogP contribution in [0.3, 0.4) is 0 Å². The molecule has 0 heterocycles. The van der Waals surface area contributed by atoms with E-state index in [0.29, 0.717) is 59.4 Å². The Labute approximate surface area is 203 Å². The molecule has 192 valence electrons. The summed E-state index contributed by atoms with van der Waals surface area (Å²) in [5, 5.41) is 24.4. The normalized spacial score (nSPS) is 45.3. The van der Waals surface area contributed by atoms with E-state index in [1.54, 1.807) is 0 Å². The Morgan fingerprint density at radius 2 is 1.61 bits per heavy atom. The van der Waals surface area contributed by atoms with E-state index in [1.165, 1.54) is 44.9 Å². The molecule has 0 spiro atoms. The van der Waals surface area contributed by atoms with Crippen molar-refractivity contribution in [1.82, 2.24) is 5.32 Å². The van der Waals surface area contributed by atoms with Crippen LogP contribution in [0.15, 0.2) is 0 Å². The lowest BCUT2D eigenvalue weighted by atomic mass is 9.43. The number of rotatable bonds is 6. The highest BCUT2D eigenvalue weighted by molar-refractivity contribution is 5.66. The molecule has 0 saturated heterocycles. The summed E-state index contributed by atoms with van der Waals surface area (Å²) in [6, 6.07) is 1.14. The highest BCUT2D eigenvalue weighted by atomic mass is 16.4. The number of carbonyl (C=O) groups is 1. The van der Waals surface area contributed by atoms with Gasteiger partial charge in [-0.1, -0.05) is 48.5 Å². The molecule has 0 bridgehead atoms. The first kappa shape index (κ1) is 27.0. The van der Waals surface area contributed by atoms with Crippen molar-refractivity contribution in [2.24, 2.45) is 46.3 Å². The molecule has 4 heteroatoms. The molecule has 4 fully saturated rings. The molecule has 10 atom stereocenters. The van der Waals surface area contributed by atoms with Gasteiger partial charge in [0.15, 0.2) is 0 Å². The van der Waals surface area contributed by atoms with Gasteiger partial charge in [-0.15, -0.1) is 0 Å². The van der Waals surface area contributed by atoms with Gasteiger partial charge in [0.1, 0.15) is 0 Å². The zero-order valence-electron chi connectivity index (χ0n) is 22.6.